The van der Waals surface area contributed by atoms with Crippen molar-refractivity contribution in [2.75, 3.05) is 31.7 Å². The summed E-state index contributed by atoms with van der Waals surface area (Å²) in [6.45, 7) is 12.2. The second kappa shape index (κ2) is 10.2. The third-order valence-electron chi connectivity index (χ3n) is 2.91. The van der Waals surface area contributed by atoms with Crippen LogP contribution in [0.1, 0.15) is 34.6 Å². The lowest BCUT2D eigenvalue weighted by molar-refractivity contribution is 0.0636. The lowest BCUT2D eigenvalue weighted by Gasteiger charge is -2.19. The predicted molar refractivity (Wildman–Crippen MR) is 95.8 cm³/mol. The molecule has 1 atom stereocenters. The minimum Gasteiger partial charge on any atom is -0.492 e. The predicted octanol–water partition coefficient (Wildman–Crippen LogP) is 3.43. The van der Waals surface area contributed by atoms with Crippen molar-refractivity contribution in [3.05, 3.63) is 24.3 Å². The van der Waals surface area contributed by atoms with Crippen LogP contribution < -0.4 is 15.4 Å². The van der Waals surface area contributed by atoms with Crippen LogP contribution >= 0.6 is 0 Å². The summed E-state index contributed by atoms with van der Waals surface area (Å²) in [5.41, 5.74) is 0.113. The monoisotopic (exact) mass is 338 g/mol. The summed E-state index contributed by atoms with van der Waals surface area (Å²) < 4.78 is 16.3. The number of hydrogen-bond acceptors (Lipinski definition) is 5. The van der Waals surface area contributed by atoms with Gasteiger partial charge in [0.05, 0.1) is 6.61 Å². The van der Waals surface area contributed by atoms with Crippen molar-refractivity contribution < 1.29 is 19.0 Å². The Hall–Kier alpha value is -1.79. The number of hydrogen-bond donors (Lipinski definition) is 2. The number of carbonyl (C=O) groups is 1. The molecule has 0 spiro atoms. The Kier molecular flexibility index (Phi) is 8.57. The van der Waals surface area contributed by atoms with Gasteiger partial charge in [0.1, 0.15) is 18.0 Å². The molecule has 1 rings (SSSR count). The van der Waals surface area contributed by atoms with Gasteiger partial charge in [-0.1, -0.05) is 6.07 Å². The molecule has 0 saturated heterocycles. The molecule has 0 bridgehead atoms. The quantitative estimate of drug-likeness (QED) is 0.675. The van der Waals surface area contributed by atoms with Crippen LogP contribution in [0.25, 0.3) is 0 Å². The van der Waals surface area contributed by atoms with Crippen LogP contribution in [0.4, 0.5) is 10.5 Å². The minimum atomic E-state index is -0.526. The molecule has 0 fully saturated rings. The van der Waals surface area contributed by atoms with Crippen molar-refractivity contribution in [3.8, 4) is 5.75 Å². The summed E-state index contributed by atoms with van der Waals surface area (Å²) in [4.78, 5) is 11.8. The van der Waals surface area contributed by atoms with Crippen LogP contribution in [0.3, 0.4) is 0 Å². The van der Waals surface area contributed by atoms with Gasteiger partial charge in [0, 0.05) is 30.9 Å². The molecular weight excluding hydrogens is 308 g/mol. The van der Waals surface area contributed by atoms with Crippen molar-refractivity contribution in [3.63, 3.8) is 0 Å². The van der Waals surface area contributed by atoms with Gasteiger partial charge in [-0.2, -0.15) is 0 Å². The number of ether oxygens (including phenoxy) is 3. The Labute approximate surface area is 144 Å². The normalized spacial score (nSPS) is 12.5. The zero-order valence-electron chi connectivity index (χ0n) is 15.3. The molecule has 1 aromatic rings. The minimum absolute atomic E-state index is 0.286. The van der Waals surface area contributed by atoms with E-state index >= 15 is 0 Å². The Balaban J connectivity index is 2.36. The molecule has 0 aliphatic rings. The number of anilines is 1. The first-order valence-corrected chi connectivity index (χ1v) is 8.34. The first-order valence-electron chi connectivity index (χ1n) is 8.34. The fourth-order valence-electron chi connectivity index (χ4n) is 1.91. The molecule has 0 saturated carbocycles. The molecule has 0 aromatic heterocycles. The first-order chi connectivity index (χ1) is 11.3. The number of benzene rings is 1. The molecule has 2 N–H and O–H groups in total. The number of nitrogens with one attached hydrogen (secondary N) is 2. The van der Waals surface area contributed by atoms with Gasteiger partial charge in [0.25, 0.3) is 0 Å². The highest BCUT2D eigenvalue weighted by Crippen LogP contribution is 2.18. The van der Waals surface area contributed by atoms with Crippen molar-refractivity contribution in [2.24, 2.45) is 0 Å². The second-order valence-electron chi connectivity index (χ2n) is 6.52. The van der Waals surface area contributed by atoms with Crippen LogP contribution in [0.5, 0.6) is 5.75 Å². The van der Waals surface area contributed by atoms with E-state index in [-0.39, 0.29) is 6.04 Å². The molecule has 1 unspecified atom stereocenters. The Morgan fingerprint density at radius 1 is 1.29 bits per heavy atom. The number of carbonyl (C=O) groups excluding carboxylic acids is 1. The van der Waals surface area contributed by atoms with Crippen LogP contribution in [0.2, 0.25) is 0 Å². The largest absolute Gasteiger partial charge is 0.492 e. The van der Waals surface area contributed by atoms with Gasteiger partial charge in [-0.3, -0.25) is 5.32 Å². The van der Waals surface area contributed by atoms with Crippen LogP contribution in [0, 0.1) is 0 Å². The van der Waals surface area contributed by atoms with E-state index in [0.717, 1.165) is 13.2 Å². The molecule has 6 heteroatoms. The summed E-state index contributed by atoms with van der Waals surface area (Å²) in [7, 11) is 0. The summed E-state index contributed by atoms with van der Waals surface area (Å²) in [5.74, 6) is 0.697. The fraction of sp³-hybridized carbons (Fsp3) is 0.611. The van der Waals surface area contributed by atoms with Gasteiger partial charge in [0.15, 0.2) is 0 Å². The standard InChI is InChI=1S/C18H30N2O4/c1-6-22-13-14(2)19-10-11-23-16-9-7-8-15(12-16)20-17(21)24-18(3,4)5/h7-9,12,14,19H,6,10-11,13H2,1-5H3,(H,20,21). The molecule has 0 heterocycles. The lowest BCUT2D eigenvalue weighted by Crippen LogP contribution is -2.33. The molecule has 24 heavy (non-hydrogen) atoms. The van der Waals surface area contributed by atoms with Crippen molar-refractivity contribution in [1.82, 2.24) is 5.32 Å². The molecule has 0 aliphatic heterocycles. The average molecular weight is 338 g/mol. The lowest BCUT2D eigenvalue weighted by atomic mass is 10.2. The topological polar surface area (TPSA) is 68.8 Å². The van der Waals surface area contributed by atoms with Gasteiger partial charge < -0.3 is 19.5 Å². The van der Waals surface area contributed by atoms with Crippen LogP contribution in [-0.2, 0) is 9.47 Å². The van der Waals surface area contributed by atoms with Crippen LogP contribution in [0.15, 0.2) is 24.3 Å². The van der Waals surface area contributed by atoms with E-state index in [9.17, 15) is 4.79 Å². The Morgan fingerprint density at radius 3 is 2.71 bits per heavy atom. The van der Waals surface area contributed by atoms with Gasteiger partial charge in [0.2, 0.25) is 0 Å². The molecule has 0 aliphatic carbocycles. The molecule has 0 radical (unpaired) electrons. The van der Waals surface area contributed by atoms with Crippen molar-refractivity contribution in [2.45, 2.75) is 46.3 Å². The maximum absolute atomic E-state index is 11.8. The van der Waals surface area contributed by atoms with Gasteiger partial charge in [-0.05, 0) is 46.8 Å². The summed E-state index contributed by atoms with van der Waals surface area (Å²) >= 11 is 0. The fourth-order valence-corrected chi connectivity index (χ4v) is 1.91. The zero-order chi connectivity index (χ0) is 18.0. The van der Waals surface area contributed by atoms with Gasteiger partial charge in [-0.25, -0.2) is 4.79 Å². The van der Waals surface area contributed by atoms with Crippen LogP contribution in [-0.4, -0.2) is 44.1 Å². The molecular formula is C18H30N2O4. The highest BCUT2D eigenvalue weighted by Gasteiger charge is 2.16. The van der Waals surface area contributed by atoms with E-state index in [2.05, 4.69) is 17.6 Å². The summed E-state index contributed by atoms with van der Waals surface area (Å²) in [6, 6.07) is 7.53. The average Bonchev–Trinajstić information content (AvgIpc) is 2.48. The van der Waals surface area contributed by atoms with Gasteiger partial charge >= 0.3 is 6.09 Å². The van der Waals surface area contributed by atoms with Crippen molar-refractivity contribution >= 4 is 11.8 Å². The molecule has 1 amide bonds. The maximum Gasteiger partial charge on any atom is 0.412 e. The highest BCUT2D eigenvalue weighted by atomic mass is 16.6. The smallest absolute Gasteiger partial charge is 0.412 e. The second-order valence-corrected chi connectivity index (χ2v) is 6.52. The third kappa shape index (κ3) is 9.37. The summed E-state index contributed by atoms with van der Waals surface area (Å²) in [6.07, 6.45) is -0.480. The summed E-state index contributed by atoms with van der Waals surface area (Å²) in [5, 5.41) is 6.02. The Bertz CT molecular complexity index is 500. The van der Waals surface area contributed by atoms with E-state index < -0.39 is 11.7 Å². The van der Waals surface area contributed by atoms with Crippen molar-refractivity contribution in [1.29, 1.82) is 0 Å². The molecule has 136 valence electrons. The Morgan fingerprint density at radius 2 is 2.04 bits per heavy atom. The number of rotatable bonds is 9. The van der Waals surface area contributed by atoms with Gasteiger partial charge in [-0.15, -0.1) is 0 Å². The van der Waals surface area contributed by atoms with E-state index in [1.807, 2.05) is 39.8 Å². The molecule has 6 nitrogen and oxygen atoms in total. The SMILES string of the molecule is CCOCC(C)NCCOc1cccc(NC(=O)OC(C)(C)C)c1. The maximum atomic E-state index is 11.8. The van der Waals surface area contributed by atoms with E-state index in [1.165, 1.54) is 0 Å². The first kappa shape index (κ1) is 20.3. The third-order valence-corrected chi connectivity index (χ3v) is 2.91. The number of amides is 1. The van der Waals surface area contributed by atoms with E-state index in [4.69, 9.17) is 14.2 Å². The van der Waals surface area contributed by atoms with E-state index in [1.54, 1.807) is 12.1 Å². The van der Waals surface area contributed by atoms with E-state index in [0.29, 0.717) is 24.7 Å². The highest BCUT2D eigenvalue weighted by molar-refractivity contribution is 5.85. The zero-order valence-corrected chi connectivity index (χ0v) is 15.3. The molecule has 1 aromatic carbocycles.